The lowest BCUT2D eigenvalue weighted by molar-refractivity contribution is -0.885. The summed E-state index contributed by atoms with van der Waals surface area (Å²) in [5.74, 6) is -0.643. The summed E-state index contributed by atoms with van der Waals surface area (Å²) in [4.78, 5) is 24.9. The van der Waals surface area contributed by atoms with E-state index in [1.807, 2.05) is 55.9 Å². The minimum Gasteiger partial charge on any atom is -0.459 e. The third kappa shape index (κ3) is 4.47. The lowest BCUT2D eigenvalue weighted by atomic mass is 10.2. The van der Waals surface area contributed by atoms with Crippen LogP contribution in [0.15, 0.2) is 53.1 Å². The van der Waals surface area contributed by atoms with E-state index in [0.717, 1.165) is 27.5 Å². The lowest BCUT2D eigenvalue weighted by Gasteiger charge is -2.14. The number of nitrogens with zero attached hydrogens (tertiary/aromatic N) is 2. The number of aromatic nitrogens is 2. The van der Waals surface area contributed by atoms with Gasteiger partial charge in [0.1, 0.15) is 6.54 Å². The number of quaternary nitrogens is 1. The van der Waals surface area contributed by atoms with Crippen LogP contribution in [0.25, 0.3) is 5.69 Å². The van der Waals surface area contributed by atoms with E-state index in [1.54, 1.807) is 6.07 Å². The Balaban J connectivity index is 1.57. The smallest absolute Gasteiger partial charge is 0.305 e. The second kappa shape index (κ2) is 8.53. The molecule has 0 bridgehead atoms. The molecule has 1 atom stereocenters. The summed E-state index contributed by atoms with van der Waals surface area (Å²) in [6.45, 7) is 4.84. The van der Waals surface area contributed by atoms with Crippen LogP contribution in [0.1, 0.15) is 27.5 Å². The van der Waals surface area contributed by atoms with E-state index in [1.165, 1.54) is 12.3 Å². The Bertz CT molecular complexity index is 948. The number of aryl methyl sites for hydroxylation is 1. The summed E-state index contributed by atoms with van der Waals surface area (Å²) in [5, 5.41) is 4.64. The fourth-order valence-electron chi connectivity index (χ4n) is 3.03. The van der Waals surface area contributed by atoms with Crippen LogP contribution in [0, 0.1) is 13.8 Å². The van der Waals surface area contributed by atoms with Crippen LogP contribution >= 0.6 is 0 Å². The Kier molecular flexibility index (Phi) is 5.90. The number of carbonyl (C=O) groups excluding carboxylic acids is 2. The summed E-state index contributed by atoms with van der Waals surface area (Å²) in [7, 11) is 1.92. The summed E-state index contributed by atoms with van der Waals surface area (Å²) < 4.78 is 6.89. The minimum atomic E-state index is -0.494. The van der Waals surface area contributed by atoms with Crippen molar-refractivity contribution in [1.29, 1.82) is 0 Å². The molecule has 146 valence electrons. The molecule has 1 unspecified atom stereocenters. The van der Waals surface area contributed by atoms with Crippen LogP contribution < -0.4 is 15.8 Å². The van der Waals surface area contributed by atoms with E-state index in [4.69, 9.17) is 4.42 Å². The molecule has 0 aliphatic carbocycles. The maximum Gasteiger partial charge on any atom is 0.305 e. The molecule has 0 saturated carbocycles. The van der Waals surface area contributed by atoms with Crippen LogP contribution in [0.5, 0.6) is 0 Å². The van der Waals surface area contributed by atoms with E-state index in [9.17, 15) is 9.59 Å². The standard InChI is InChI=1S/C20H23N5O3/c1-14-17(15(2)25(23-14)16-8-5-4-6-9-16)12-24(3)13-19(26)21-22-20(27)18-10-7-11-28-18/h4-11H,12-13H2,1-3H3,(H,21,26)(H,22,27)/p+1. The average molecular weight is 382 g/mol. The summed E-state index contributed by atoms with van der Waals surface area (Å²) in [5.41, 5.74) is 8.85. The molecule has 0 radical (unpaired) electrons. The third-order valence-corrected chi connectivity index (χ3v) is 4.44. The molecule has 0 saturated heterocycles. The predicted octanol–water partition coefficient (Wildman–Crippen LogP) is 0.558. The molecule has 8 nitrogen and oxygen atoms in total. The molecule has 28 heavy (non-hydrogen) atoms. The molecular weight excluding hydrogens is 358 g/mol. The zero-order valence-electron chi connectivity index (χ0n) is 16.2. The van der Waals surface area contributed by atoms with Gasteiger partial charge in [0.2, 0.25) is 0 Å². The molecule has 1 aromatic carbocycles. The highest BCUT2D eigenvalue weighted by molar-refractivity contribution is 5.92. The van der Waals surface area contributed by atoms with Gasteiger partial charge < -0.3 is 9.32 Å². The number of hydrogen-bond donors (Lipinski definition) is 3. The van der Waals surface area contributed by atoms with Crippen LogP contribution in [-0.4, -0.2) is 35.2 Å². The number of benzene rings is 1. The van der Waals surface area contributed by atoms with Gasteiger partial charge in [-0.05, 0) is 38.1 Å². The maximum absolute atomic E-state index is 12.1. The van der Waals surface area contributed by atoms with E-state index in [2.05, 4.69) is 16.0 Å². The number of rotatable bonds is 6. The molecule has 2 amide bonds. The average Bonchev–Trinajstić information content (AvgIpc) is 3.31. The van der Waals surface area contributed by atoms with Crippen molar-refractivity contribution in [2.45, 2.75) is 20.4 Å². The zero-order chi connectivity index (χ0) is 20.1. The van der Waals surface area contributed by atoms with Crippen molar-refractivity contribution in [2.24, 2.45) is 0 Å². The highest BCUT2D eigenvalue weighted by atomic mass is 16.3. The minimum absolute atomic E-state index is 0.139. The van der Waals surface area contributed by atoms with E-state index in [-0.39, 0.29) is 18.2 Å². The summed E-state index contributed by atoms with van der Waals surface area (Å²) >= 11 is 0. The van der Waals surface area contributed by atoms with Gasteiger partial charge in [-0.25, -0.2) is 4.68 Å². The highest BCUT2D eigenvalue weighted by Gasteiger charge is 2.19. The van der Waals surface area contributed by atoms with Gasteiger partial charge in [-0.3, -0.25) is 20.4 Å². The molecule has 0 aliphatic rings. The van der Waals surface area contributed by atoms with Gasteiger partial charge in [-0.1, -0.05) is 18.2 Å². The SMILES string of the molecule is Cc1nn(-c2ccccc2)c(C)c1C[NH+](C)CC(=O)NNC(=O)c1ccco1. The Morgan fingerprint density at radius 1 is 1.11 bits per heavy atom. The quantitative estimate of drug-likeness (QED) is 0.543. The van der Waals surface area contributed by atoms with Crippen molar-refractivity contribution in [3.05, 3.63) is 71.4 Å². The molecule has 0 fully saturated rings. The van der Waals surface area contributed by atoms with Crippen molar-refractivity contribution >= 4 is 11.8 Å². The van der Waals surface area contributed by atoms with Gasteiger partial charge in [0.25, 0.3) is 5.91 Å². The normalized spacial score (nSPS) is 11.8. The van der Waals surface area contributed by atoms with E-state index < -0.39 is 5.91 Å². The number of para-hydroxylation sites is 1. The van der Waals surface area contributed by atoms with Crippen molar-refractivity contribution in [1.82, 2.24) is 20.6 Å². The van der Waals surface area contributed by atoms with Crippen molar-refractivity contribution < 1.29 is 18.9 Å². The number of furan rings is 1. The first kappa shape index (κ1) is 19.4. The van der Waals surface area contributed by atoms with Crippen LogP contribution in [0.3, 0.4) is 0 Å². The van der Waals surface area contributed by atoms with Gasteiger partial charge in [0.05, 0.1) is 35.9 Å². The van der Waals surface area contributed by atoms with Crippen molar-refractivity contribution in [3.8, 4) is 5.69 Å². The first-order valence-electron chi connectivity index (χ1n) is 9.00. The number of nitrogens with one attached hydrogen (secondary N) is 3. The molecular formula is C20H24N5O3+. The Hall–Kier alpha value is -3.39. The van der Waals surface area contributed by atoms with E-state index in [0.29, 0.717) is 6.54 Å². The van der Waals surface area contributed by atoms with Crippen LogP contribution in [0.4, 0.5) is 0 Å². The first-order valence-corrected chi connectivity index (χ1v) is 9.00. The number of likely N-dealkylation sites (N-methyl/N-ethyl adjacent to an activating group) is 1. The molecule has 3 N–H and O–H groups in total. The Morgan fingerprint density at radius 2 is 1.86 bits per heavy atom. The van der Waals surface area contributed by atoms with Gasteiger partial charge in [0.15, 0.2) is 12.3 Å². The summed E-state index contributed by atoms with van der Waals surface area (Å²) in [6, 6.07) is 13.1. The van der Waals surface area contributed by atoms with Gasteiger partial charge in [0, 0.05) is 0 Å². The number of hydrogen-bond acceptors (Lipinski definition) is 4. The van der Waals surface area contributed by atoms with Crippen molar-refractivity contribution in [2.75, 3.05) is 13.6 Å². The van der Waals surface area contributed by atoms with Gasteiger partial charge in [-0.15, -0.1) is 0 Å². The molecule has 0 spiro atoms. The Labute approximate surface area is 163 Å². The summed E-state index contributed by atoms with van der Waals surface area (Å²) in [6.07, 6.45) is 1.40. The molecule has 0 aliphatic heterocycles. The molecule has 3 rings (SSSR count). The number of hydrazine groups is 1. The topological polar surface area (TPSA) is 93.6 Å². The van der Waals surface area contributed by atoms with Crippen molar-refractivity contribution in [3.63, 3.8) is 0 Å². The number of carbonyl (C=O) groups is 2. The van der Waals surface area contributed by atoms with E-state index >= 15 is 0 Å². The monoisotopic (exact) mass is 382 g/mol. The largest absolute Gasteiger partial charge is 0.459 e. The van der Waals surface area contributed by atoms with Crippen LogP contribution in [0.2, 0.25) is 0 Å². The first-order chi connectivity index (χ1) is 13.5. The number of amides is 2. The highest BCUT2D eigenvalue weighted by Crippen LogP contribution is 2.16. The van der Waals surface area contributed by atoms with Gasteiger partial charge in [-0.2, -0.15) is 5.10 Å². The second-order valence-corrected chi connectivity index (χ2v) is 6.69. The third-order valence-electron chi connectivity index (χ3n) is 4.44. The Morgan fingerprint density at radius 3 is 2.54 bits per heavy atom. The van der Waals surface area contributed by atoms with Gasteiger partial charge >= 0.3 is 5.91 Å². The lowest BCUT2D eigenvalue weighted by Crippen LogP contribution is -3.09. The molecule has 3 aromatic rings. The molecule has 8 heteroatoms. The second-order valence-electron chi connectivity index (χ2n) is 6.69. The molecule has 2 aromatic heterocycles. The fraction of sp³-hybridized carbons (Fsp3) is 0.250. The van der Waals surface area contributed by atoms with Crippen LogP contribution in [-0.2, 0) is 11.3 Å². The fourth-order valence-corrected chi connectivity index (χ4v) is 3.03. The zero-order valence-corrected chi connectivity index (χ0v) is 16.2. The molecule has 2 heterocycles. The predicted molar refractivity (Wildman–Crippen MR) is 103 cm³/mol. The maximum atomic E-state index is 12.1.